The summed E-state index contributed by atoms with van der Waals surface area (Å²) in [7, 11) is 0.539. The number of aromatic nitrogens is 2. The lowest BCUT2D eigenvalue weighted by atomic mass is 10.2. The highest BCUT2D eigenvalue weighted by Gasteiger charge is 2.36. The van der Waals surface area contributed by atoms with E-state index in [2.05, 4.69) is 0 Å². The van der Waals surface area contributed by atoms with Crippen molar-refractivity contribution in [2.45, 2.75) is 24.0 Å². The Labute approximate surface area is 230 Å². The maximum absolute atomic E-state index is 13.9. The van der Waals surface area contributed by atoms with Crippen molar-refractivity contribution >= 4 is 20.9 Å². The Balaban J connectivity index is 1.94. The molecule has 1 aromatic heterocycles. The number of hydrogen-bond donors (Lipinski definition) is 0. The molecule has 0 aliphatic heterocycles. The summed E-state index contributed by atoms with van der Waals surface area (Å²) in [5.74, 6) is 0.669. The van der Waals surface area contributed by atoms with Crippen LogP contribution < -0.4 is 10.3 Å². The second-order valence-electron chi connectivity index (χ2n) is 9.45. The van der Waals surface area contributed by atoms with E-state index in [4.69, 9.17) is 9.72 Å². The first-order valence-corrected chi connectivity index (χ1v) is 13.8. The lowest BCUT2D eigenvalue weighted by molar-refractivity contribution is -0.137. The molecule has 4 aromatic rings. The minimum Gasteiger partial charge on any atom is -0.497 e. The molecule has 212 valence electrons. The van der Waals surface area contributed by atoms with Crippen LogP contribution in [-0.2, 0) is 16.2 Å². The molecule has 1 heterocycles. The topological polar surface area (TPSA) is 84.7 Å². The fourth-order valence-electron chi connectivity index (χ4n) is 4.33. The van der Waals surface area contributed by atoms with Crippen LogP contribution in [0, 0.1) is 0 Å². The first kappa shape index (κ1) is 29.2. The van der Waals surface area contributed by atoms with Gasteiger partial charge >= 0.3 is 6.18 Å². The van der Waals surface area contributed by atoms with Crippen LogP contribution in [0.25, 0.3) is 16.6 Å². The molecule has 8 nitrogen and oxygen atoms in total. The van der Waals surface area contributed by atoms with E-state index >= 15 is 0 Å². The number of rotatable bonds is 9. The quantitative estimate of drug-likeness (QED) is 0.288. The Hall–Kier alpha value is -3.74. The van der Waals surface area contributed by atoms with E-state index in [1.165, 1.54) is 11.7 Å². The summed E-state index contributed by atoms with van der Waals surface area (Å²) in [4.78, 5) is 19.7. The average molecular weight is 575 g/mol. The summed E-state index contributed by atoms with van der Waals surface area (Å²) in [6, 6.07) is 15.9. The normalized spacial score (nSPS) is 13.2. The van der Waals surface area contributed by atoms with Gasteiger partial charge in [0.25, 0.3) is 5.56 Å². The molecule has 0 fully saturated rings. The highest BCUT2D eigenvalue weighted by molar-refractivity contribution is 7.89. The largest absolute Gasteiger partial charge is 0.497 e. The highest BCUT2D eigenvalue weighted by Crippen LogP contribution is 2.33. The number of benzene rings is 3. The van der Waals surface area contributed by atoms with Crippen molar-refractivity contribution in [1.29, 1.82) is 0 Å². The number of nitrogens with zero attached hydrogens (tertiary/aromatic N) is 4. The number of ether oxygens (including phenoxy) is 1. The summed E-state index contributed by atoms with van der Waals surface area (Å²) < 4.78 is 75.8. The van der Waals surface area contributed by atoms with E-state index < -0.39 is 38.3 Å². The molecular weight excluding hydrogens is 545 g/mol. The second-order valence-corrected chi connectivity index (χ2v) is 11.3. The zero-order valence-corrected chi connectivity index (χ0v) is 23.2. The van der Waals surface area contributed by atoms with Crippen LogP contribution in [0.5, 0.6) is 5.75 Å². The number of halogens is 3. The summed E-state index contributed by atoms with van der Waals surface area (Å²) in [6.45, 7) is 1.76. The van der Waals surface area contributed by atoms with Crippen molar-refractivity contribution in [3.05, 3.63) is 94.5 Å². The van der Waals surface area contributed by atoms with E-state index in [0.29, 0.717) is 28.4 Å². The molecule has 40 heavy (non-hydrogen) atoms. The number of fused-ring (bicyclic) bond motifs is 1. The van der Waals surface area contributed by atoms with Crippen molar-refractivity contribution < 1.29 is 26.3 Å². The first-order chi connectivity index (χ1) is 18.8. The predicted molar refractivity (Wildman–Crippen MR) is 146 cm³/mol. The standard InChI is InChI=1S/C28H29F3N4O4S/c1-19(34(17-16-33(2)3)40(37,38)23-9-7-8-20(18-23)28(29,30)31)26-32-25-11-6-5-10-24(25)27(36)35(26)21-12-14-22(39-4)15-13-21/h5-15,18-19H,16-17H2,1-4H3. The minimum atomic E-state index is -4.72. The van der Waals surface area contributed by atoms with Gasteiger partial charge in [-0.2, -0.15) is 17.5 Å². The molecule has 1 atom stereocenters. The van der Waals surface area contributed by atoms with Crippen molar-refractivity contribution in [2.24, 2.45) is 0 Å². The van der Waals surface area contributed by atoms with Crippen molar-refractivity contribution in [1.82, 2.24) is 18.8 Å². The van der Waals surface area contributed by atoms with Gasteiger partial charge in [-0.1, -0.05) is 18.2 Å². The number of para-hydroxylation sites is 1. The molecule has 3 aromatic carbocycles. The molecule has 0 saturated carbocycles. The van der Waals surface area contributed by atoms with Crippen LogP contribution >= 0.6 is 0 Å². The maximum Gasteiger partial charge on any atom is 0.416 e. The molecular formula is C28H29F3N4O4S. The van der Waals surface area contributed by atoms with Crippen molar-refractivity contribution in [3.63, 3.8) is 0 Å². The van der Waals surface area contributed by atoms with Crippen LogP contribution in [0.15, 0.2) is 82.5 Å². The molecule has 0 N–H and O–H groups in total. The summed E-state index contributed by atoms with van der Waals surface area (Å²) in [6.07, 6.45) is -4.72. The number of likely N-dealkylation sites (N-methyl/N-ethyl adjacent to an activating group) is 1. The molecule has 1 unspecified atom stereocenters. The van der Waals surface area contributed by atoms with Gasteiger partial charge in [-0.05, 0) is 75.6 Å². The smallest absolute Gasteiger partial charge is 0.416 e. The molecule has 12 heteroatoms. The minimum absolute atomic E-state index is 0.0714. The van der Waals surface area contributed by atoms with Gasteiger partial charge < -0.3 is 9.64 Å². The molecule has 0 bridgehead atoms. The molecule has 0 aliphatic rings. The monoisotopic (exact) mass is 574 g/mol. The Morgan fingerprint density at radius 3 is 2.27 bits per heavy atom. The Bertz CT molecular complexity index is 1670. The van der Waals surface area contributed by atoms with Crippen LogP contribution in [0.1, 0.15) is 24.4 Å². The Morgan fingerprint density at radius 1 is 0.975 bits per heavy atom. The van der Waals surface area contributed by atoms with Crippen molar-refractivity contribution in [3.8, 4) is 11.4 Å². The van der Waals surface area contributed by atoms with Crippen LogP contribution in [0.4, 0.5) is 13.2 Å². The molecule has 0 saturated heterocycles. The second kappa shape index (κ2) is 11.4. The lowest BCUT2D eigenvalue weighted by Crippen LogP contribution is -2.41. The zero-order valence-electron chi connectivity index (χ0n) is 22.4. The van der Waals surface area contributed by atoms with Gasteiger partial charge in [-0.25, -0.2) is 13.4 Å². The fourth-order valence-corrected chi connectivity index (χ4v) is 5.96. The Kier molecular flexibility index (Phi) is 8.33. The third-order valence-corrected chi connectivity index (χ3v) is 8.44. The SMILES string of the molecule is COc1ccc(-n2c(C(C)N(CCN(C)C)S(=O)(=O)c3cccc(C(F)(F)F)c3)nc3ccccc3c2=O)cc1. The number of methoxy groups -OCH3 is 1. The first-order valence-electron chi connectivity index (χ1n) is 12.3. The average Bonchev–Trinajstić information content (AvgIpc) is 2.92. The van der Waals surface area contributed by atoms with E-state index in [1.807, 2.05) is 0 Å². The van der Waals surface area contributed by atoms with E-state index in [9.17, 15) is 26.4 Å². The number of alkyl halides is 3. The number of hydrogen-bond acceptors (Lipinski definition) is 6. The highest BCUT2D eigenvalue weighted by atomic mass is 32.2. The van der Waals surface area contributed by atoms with E-state index in [1.54, 1.807) is 74.4 Å². The van der Waals surface area contributed by atoms with Gasteiger partial charge in [-0.3, -0.25) is 9.36 Å². The van der Waals surface area contributed by atoms with Gasteiger partial charge in [-0.15, -0.1) is 0 Å². The van der Waals surface area contributed by atoms with Gasteiger partial charge in [0.15, 0.2) is 0 Å². The predicted octanol–water partition coefficient (Wildman–Crippen LogP) is 4.73. The van der Waals surface area contributed by atoms with Crippen molar-refractivity contribution in [2.75, 3.05) is 34.3 Å². The third kappa shape index (κ3) is 5.88. The molecule has 0 amide bonds. The molecule has 0 aliphatic carbocycles. The van der Waals surface area contributed by atoms with Crippen LogP contribution in [-0.4, -0.2) is 61.5 Å². The third-order valence-electron chi connectivity index (χ3n) is 6.47. The lowest BCUT2D eigenvalue weighted by Gasteiger charge is -2.30. The zero-order chi connectivity index (χ0) is 29.2. The maximum atomic E-state index is 13.9. The Morgan fingerprint density at radius 2 is 1.65 bits per heavy atom. The van der Waals surface area contributed by atoms with Gasteiger partial charge in [0, 0.05) is 13.1 Å². The van der Waals surface area contributed by atoms with Crippen LogP contribution in [0.3, 0.4) is 0 Å². The van der Waals surface area contributed by atoms with Crippen LogP contribution in [0.2, 0.25) is 0 Å². The van der Waals surface area contributed by atoms with Gasteiger partial charge in [0.2, 0.25) is 10.0 Å². The van der Waals surface area contributed by atoms with Gasteiger partial charge in [0.05, 0.1) is 40.2 Å². The molecule has 0 spiro atoms. The van der Waals surface area contributed by atoms with Gasteiger partial charge in [0.1, 0.15) is 11.6 Å². The number of sulfonamides is 1. The van der Waals surface area contributed by atoms with E-state index in [0.717, 1.165) is 22.5 Å². The molecule has 4 rings (SSSR count). The summed E-state index contributed by atoms with van der Waals surface area (Å²) in [5.41, 5.74) is -0.701. The fraction of sp³-hybridized carbons (Fsp3) is 0.286. The van der Waals surface area contributed by atoms with E-state index in [-0.39, 0.29) is 18.9 Å². The summed E-state index contributed by atoms with van der Waals surface area (Å²) in [5, 5.41) is 0.329. The molecule has 0 radical (unpaired) electrons. The summed E-state index contributed by atoms with van der Waals surface area (Å²) >= 11 is 0.